The maximum atomic E-state index is 12.0. The maximum absolute atomic E-state index is 12.0. The molecule has 0 aromatic heterocycles. The Bertz CT molecular complexity index is 816. The normalized spacial score (nSPS) is 11.4. The molecule has 0 N–H and O–H groups in total. The lowest BCUT2D eigenvalue weighted by atomic mass is 9.92. The number of carbonyl (C=O) groups is 2. The van der Waals surface area contributed by atoms with Crippen molar-refractivity contribution in [3.05, 3.63) is 59.2 Å². The van der Waals surface area contributed by atoms with Crippen LogP contribution in [0.5, 0.6) is 0 Å². The fourth-order valence-corrected chi connectivity index (χ4v) is 2.71. The molecule has 0 fully saturated rings. The van der Waals surface area contributed by atoms with Gasteiger partial charge in [0.25, 0.3) is 0 Å². The van der Waals surface area contributed by atoms with Crippen LogP contribution in [0.1, 0.15) is 42.3 Å². The number of nitrogens with zero attached hydrogens (tertiary/aromatic N) is 1. The molecule has 1 atom stereocenters. The second-order valence-corrected chi connectivity index (χ2v) is 5.98. The van der Waals surface area contributed by atoms with Gasteiger partial charge in [0.1, 0.15) is 0 Å². The van der Waals surface area contributed by atoms with Gasteiger partial charge in [-0.25, -0.2) is 0 Å². The van der Waals surface area contributed by atoms with Crippen molar-refractivity contribution in [3.8, 4) is 17.2 Å². The molecule has 4 nitrogen and oxygen atoms in total. The molecule has 4 heteroatoms. The molecule has 1 unspecified atom stereocenters. The summed E-state index contributed by atoms with van der Waals surface area (Å²) in [5.41, 5.74) is 3.84. The van der Waals surface area contributed by atoms with Crippen LogP contribution in [0.3, 0.4) is 0 Å². The highest BCUT2D eigenvalue weighted by atomic mass is 16.5. The molecule has 0 aliphatic carbocycles. The van der Waals surface area contributed by atoms with Crippen LogP contribution in [0.2, 0.25) is 0 Å². The summed E-state index contributed by atoms with van der Waals surface area (Å²) in [5.74, 6) is -0.501. The van der Waals surface area contributed by atoms with Gasteiger partial charge < -0.3 is 4.74 Å². The van der Waals surface area contributed by atoms with E-state index in [0.29, 0.717) is 24.2 Å². The summed E-state index contributed by atoms with van der Waals surface area (Å²) in [6.45, 7) is 5.51. The lowest BCUT2D eigenvalue weighted by molar-refractivity contribution is -0.147. The van der Waals surface area contributed by atoms with Gasteiger partial charge in [-0.1, -0.05) is 37.3 Å². The summed E-state index contributed by atoms with van der Waals surface area (Å²) in [4.78, 5) is 23.8. The third-order valence-corrected chi connectivity index (χ3v) is 4.02. The number of hydrogen-bond donors (Lipinski definition) is 0. The van der Waals surface area contributed by atoms with Crippen molar-refractivity contribution >= 4 is 11.8 Å². The Hall–Kier alpha value is -2.93. The molecule has 0 saturated heterocycles. The first-order valence-corrected chi connectivity index (χ1v) is 8.27. The van der Waals surface area contributed by atoms with Crippen LogP contribution in [0, 0.1) is 17.2 Å². The monoisotopic (exact) mass is 335 g/mol. The second kappa shape index (κ2) is 8.25. The van der Waals surface area contributed by atoms with E-state index in [-0.39, 0.29) is 17.7 Å². The van der Waals surface area contributed by atoms with E-state index in [1.54, 1.807) is 25.1 Å². The third kappa shape index (κ3) is 4.54. The molecule has 0 spiro atoms. The van der Waals surface area contributed by atoms with Crippen molar-refractivity contribution in [1.82, 2.24) is 0 Å². The van der Waals surface area contributed by atoms with Crippen LogP contribution in [0.25, 0.3) is 11.1 Å². The SMILES string of the molecule is CCOC(=O)C(C)Cc1ccc(C(C)=O)c(-c2ccc(C#N)cc2)c1. The number of hydrogen-bond acceptors (Lipinski definition) is 4. The Morgan fingerprint density at radius 2 is 1.84 bits per heavy atom. The summed E-state index contributed by atoms with van der Waals surface area (Å²) >= 11 is 0. The average molecular weight is 335 g/mol. The molecule has 2 rings (SSSR count). The predicted molar refractivity (Wildman–Crippen MR) is 96.1 cm³/mol. The van der Waals surface area contributed by atoms with Crippen LogP contribution in [-0.4, -0.2) is 18.4 Å². The molecule has 0 heterocycles. The number of ketones is 1. The van der Waals surface area contributed by atoms with Crippen molar-refractivity contribution in [2.24, 2.45) is 5.92 Å². The fourth-order valence-electron chi connectivity index (χ4n) is 2.71. The highest BCUT2D eigenvalue weighted by Gasteiger charge is 2.16. The van der Waals surface area contributed by atoms with Crippen molar-refractivity contribution in [2.45, 2.75) is 27.2 Å². The van der Waals surface area contributed by atoms with E-state index in [1.807, 2.05) is 31.2 Å². The molecular formula is C21H21NO3. The number of benzene rings is 2. The second-order valence-electron chi connectivity index (χ2n) is 5.98. The molecule has 0 aliphatic heterocycles. The number of esters is 1. The lowest BCUT2D eigenvalue weighted by Gasteiger charge is -2.13. The van der Waals surface area contributed by atoms with Crippen molar-refractivity contribution < 1.29 is 14.3 Å². The van der Waals surface area contributed by atoms with Crippen molar-refractivity contribution in [1.29, 1.82) is 5.26 Å². The van der Waals surface area contributed by atoms with Crippen LogP contribution in [0.4, 0.5) is 0 Å². The first-order chi connectivity index (χ1) is 12.0. The Labute approximate surface area is 148 Å². The zero-order chi connectivity index (χ0) is 18.4. The Morgan fingerprint density at radius 3 is 2.40 bits per heavy atom. The molecule has 2 aromatic rings. The van der Waals surface area contributed by atoms with E-state index >= 15 is 0 Å². The lowest BCUT2D eigenvalue weighted by Crippen LogP contribution is -2.17. The quantitative estimate of drug-likeness (QED) is 0.587. The molecular weight excluding hydrogens is 314 g/mol. The van der Waals surface area contributed by atoms with Crippen LogP contribution in [-0.2, 0) is 16.0 Å². The van der Waals surface area contributed by atoms with Gasteiger partial charge in [0.2, 0.25) is 0 Å². The molecule has 0 radical (unpaired) electrons. The van der Waals surface area contributed by atoms with Gasteiger partial charge in [0.15, 0.2) is 5.78 Å². The topological polar surface area (TPSA) is 67.2 Å². The fraction of sp³-hybridized carbons (Fsp3) is 0.286. The minimum absolute atomic E-state index is 0.0237. The molecule has 0 saturated carbocycles. The molecule has 128 valence electrons. The number of nitriles is 1. The van der Waals surface area contributed by atoms with Gasteiger partial charge in [0, 0.05) is 5.56 Å². The van der Waals surface area contributed by atoms with E-state index in [4.69, 9.17) is 10.00 Å². The molecule has 0 aliphatic rings. The first kappa shape index (κ1) is 18.4. The minimum Gasteiger partial charge on any atom is -0.466 e. The van der Waals surface area contributed by atoms with Gasteiger partial charge in [0.05, 0.1) is 24.2 Å². The highest BCUT2D eigenvalue weighted by Crippen LogP contribution is 2.27. The van der Waals surface area contributed by atoms with E-state index in [0.717, 1.165) is 16.7 Å². The number of rotatable bonds is 6. The predicted octanol–water partition coefficient (Wildman–Crippen LogP) is 4.17. The highest BCUT2D eigenvalue weighted by molar-refractivity contribution is 6.01. The standard InChI is InChI=1S/C21H21NO3/c1-4-25-21(24)14(2)11-17-7-10-19(15(3)23)20(12-17)18-8-5-16(13-22)6-9-18/h5-10,12,14H,4,11H2,1-3H3. The number of Topliss-reactive ketones (excluding diaryl/α,β-unsaturated/α-hetero) is 1. The van der Waals surface area contributed by atoms with Crippen LogP contribution in [0.15, 0.2) is 42.5 Å². The molecule has 0 bridgehead atoms. The van der Waals surface area contributed by atoms with Crippen molar-refractivity contribution in [2.75, 3.05) is 6.61 Å². The zero-order valence-corrected chi connectivity index (χ0v) is 14.7. The summed E-state index contributed by atoms with van der Waals surface area (Å²) in [7, 11) is 0. The number of ether oxygens (including phenoxy) is 1. The third-order valence-electron chi connectivity index (χ3n) is 4.02. The van der Waals surface area contributed by atoms with E-state index in [1.165, 1.54) is 6.92 Å². The van der Waals surface area contributed by atoms with Gasteiger partial charge in [-0.2, -0.15) is 5.26 Å². The van der Waals surface area contributed by atoms with Gasteiger partial charge in [-0.15, -0.1) is 0 Å². The van der Waals surface area contributed by atoms with Crippen molar-refractivity contribution in [3.63, 3.8) is 0 Å². The van der Waals surface area contributed by atoms with Gasteiger partial charge in [-0.3, -0.25) is 9.59 Å². The van der Waals surface area contributed by atoms with Crippen LogP contribution < -0.4 is 0 Å². The van der Waals surface area contributed by atoms with E-state index in [2.05, 4.69) is 6.07 Å². The summed E-state index contributed by atoms with van der Waals surface area (Å²) in [5, 5.41) is 8.93. The Morgan fingerprint density at radius 1 is 1.16 bits per heavy atom. The van der Waals surface area contributed by atoms with E-state index in [9.17, 15) is 9.59 Å². The summed E-state index contributed by atoms with van der Waals surface area (Å²) < 4.78 is 5.05. The zero-order valence-electron chi connectivity index (χ0n) is 14.7. The summed E-state index contributed by atoms with van der Waals surface area (Å²) in [6.07, 6.45) is 0.542. The molecule has 0 amide bonds. The molecule has 2 aromatic carbocycles. The molecule has 25 heavy (non-hydrogen) atoms. The minimum atomic E-state index is -0.253. The first-order valence-electron chi connectivity index (χ1n) is 8.27. The van der Waals surface area contributed by atoms with Crippen LogP contribution >= 0.6 is 0 Å². The average Bonchev–Trinajstić information content (AvgIpc) is 2.61. The smallest absolute Gasteiger partial charge is 0.308 e. The Kier molecular flexibility index (Phi) is 6.08. The maximum Gasteiger partial charge on any atom is 0.308 e. The largest absolute Gasteiger partial charge is 0.466 e. The van der Waals surface area contributed by atoms with Gasteiger partial charge in [-0.05, 0) is 49.1 Å². The Balaban J connectivity index is 2.37. The van der Waals surface area contributed by atoms with E-state index < -0.39 is 0 Å². The summed E-state index contributed by atoms with van der Waals surface area (Å²) in [6, 6.07) is 14.8. The van der Waals surface area contributed by atoms with Gasteiger partial charge >= 0.3 is 5.97 Å². The number of carbonyl (C=O) groups excluding carboxylic acids is 2.